The summed E-state index contributed by atoms with van der Waals surface area (Å²) in [7, 11) is 1.39. The molecule has 30 heavy (non-hydrogen) atoms. The van der Waals surface area contributed by atoms with Crippen LogP contribution in [-0.4, -0.2) is 52.8 Å². The van der Waals surface area contributed by atoms with Crippen molar-refractivity contribution in [1.29, 1.82) is 0 Å². The Morgan fingerprint density at radius 2 is 2.13 bits per heavy atom. The summed E-state index contributed by atoms with van der Waals surface area (Å²) in [4.78, 5) is 0. The lowest BCUT2D eigenvalue weighted by Gasteiger charge is -2.24. The maximum atomic E-state index is 13.2. The number of nitrogens with one attached hydrogen (secondary N) is 2. The molecule has 0 unspecified atom stereocenters. The highest BCUT2D eigenvalue weighted by Crippen LogP contribution is 2.38. The normalized spacial score (nSPS) is 17.3. The number of piperidine rings is 1. The van der Waals surface area contributed by atoms with Gasteiger partial charge in [-0.3, -0.25) is 0 Å². The molecule has 4 rings (SSSR count). The first-order valence-electron chi connectivity index (χ1n) is 9.48. The van der Waals surface area contributed by atoms with Crippen LogP contribution in [0.15, 0.2) is 30.5 Å². The third-order valence-electron chi connectivity index (χ3n) is 4.86. The quantitative estimate of drug-likeness (QED) is 0.591. The molecular weight excluding hydrogens is 401 g/mol. The van der Waals surface area contributed by atoms with Gasteiger partial charge in [0, 0.05) is 25.3 Å². The summed E-state index contributed by atoms with van der Waals surface area (Å²) in [6, 6.07) is 5.17. The van der Waals surface area contributed by atoms with E-state index in [-0.39, 0.29) is 18.6 Å². The average Bonchev–Trinajstić information content (AvgIpc) is 3.23. The molecule has 0 aliphatic carbocycles. The maximum Gasteiger partial charge on any atom is 0.416 e. The molecule has 1 saturated heterocycles. The smallest absolute Gasteiger partial charge is 0.416 e. The fourth-order valence-corrected chi connectivity index (χ4v) is 3.42. The molecule has 1 aromatic carbocycles. The molecule has 11 heteroatoms. The number of hydrogen-bond acceptors (Lipinski definition) is 7. The number of benzene rings is 1. The molecule has 0 bridgehead atoms. The van der Waals surface area contributed by atoms with Crippen molar-refractivity contribution in [2.45, 2.75) is 25.1 Å². The van der Waals surface area contributed by atoms with Crippen molar-refractivity contribution in [3.63, 3.8) is 0 Å². The first kappa shape index (κ1) is 20.4. The number of halogens is 3. The number of anilines is 1. The molecule has 0 saturated carbocycles. The molecule has 2 aromatic heterocycles. The van der Waals surface area contributed by atoms with E-state index in [1.165, 1.54) is 13.2 Å². The summed E-state index contributed by atoms with van der Waals surface area (Å²) < 4.78 is 51.3. The van der Waals surface area contributed by atoms with Gasteiger partial charge in [-0.05, 0) is 43.7 Å². The van der Waals surface area contributed by atoms with Crippen LogP contribution in [0.3, 0.4) is 0 Å². The molecule has 1 fully saturated rings. The fraction of sp³-hybridized carbons (Fsp3) is 0.421. The van der Waals surface area contributed by atoms with E-state index in [4.69, 9.17) is 9.47 Å². The second kappa shape index (κ2) is 8.44. The van der Waals surface area contributed by atoms with E-state index < -0.39 is 11.7 Å². The highest BCUT2D eigenvalue weighted by Gasteiger charge is 2.32. The largest absolute Gasteiger partial charge is 0.467 e. The van der Waals surface area contributed by atoms with E-state index in [9.17, 15) is 13.2 Å². The minimum atomic E-state index is -4.50. The Morgan fingerprint density at radius 3 is 2.87 bits per heavy atom. The monoisotopic (exact) mass is 422 g/mol. The third-order valence-corrected chi connectivity index (χ3v) is 4.86. The van der Waals surface area contributed by atoms with E-state index in [0.29, 0.717) is 22.7 Å². The van der Waals surface area contributed by atoms with Crippen molar-refractivity contribution in [3.05, 3.63) is 36.0 Å². The Bertz CT molecular complexity index is 1020. The summed E-state index contributed by atoms with van der Waals surface area (Å²) in [5, 5.41) is 19.5. The van der Waals surface area contributed by atoms with Crippen LogP contribution in [0.1, 0.15) is 18.4 Å². The van der Waals surface area contributed by atoms with Gasteiger partial charge in [0.25, 0.3) is 0 Å². The van der Waals surface area contributed by atoms with Crippen LogP contribution < -0.4 is 15.4 Å². The topological polar surface area (TPSA) is 85.6 Å². The van der Waals surface area contributed by atoms with Crippen LogP contribution in [0, 0.1) is 0 Å². The first-order chi connectivity index (χ1) is 14.5. The van der Waals surface area contributed by atoms with Crippen LogP contribution in [0.25, 0.3) is 16.8 Å². The van der Waals surface area contributed by atoms with Crippen LogP contribution in [0.4, 0.5) is 19.1 Å². The van der Waals surface area contributed by atoms with Gasteiger partial charge >= 0.3 is 6.18 Å². The van der Waals surface area contributed by atoms with Crippen molar-refractivity contribution >= 4 is 11.5 Å². The number of rotatable bonds is 6. The van der Waals surface area contributed by atoms with Gasteiger partial charge in [-0.15, -0.1) is 10.2 Å². The second-order valence-corrected chi connectivity index (χ2v) is 6.95. The summed E-state index contributed by atoms with van der Waals surface area (Å²) in [5.41, 5.74) is 0.500. The molecule has 1 aliphatic rings. The van der Waals surface area contributed by atoms with E-state index in [0.717, 1.165) is 38.1 Å². The zero-order valence-corrected chi connectivity index (χ0v) is 16.2. The Kier molecular flexibility index (Phi) is 5.73. The highest BCUT2D eigenvalue weighted by molar-refractivity contribution is 5.81. The molecule has 0 radical (unpaired) electrons. The van der Waals surface area contributed by atoms with Crippen LogP contribution in [0.2, 0.25) is 0 Å². The minimum Gasteiger partial charge on any atom is -0.467 e. The zero-order chi connectivity index (χ0) is 21.1. The SMILES string of the molecule is COCOc1cc(C(F)(F)F)ccc1-c1nnc(N[C@@H]2CCCNC2)n2nccc12. The van der Waals surface area contributed by atoms with E-state index in [1.54, 1.807) is 16.8 Å². The van der Waals surface area contributed by atoms with Gasteiger partial charge in [-0.25, -0.2) is 0 Å². The first-order valence-corrected chi connectivity index (χ1v) is 9.48. The number of methoxy groups -OCH3 is 1. The van der Waals surface area contributed by atoms with Gasteiger partial charge in [0.1, 0.15) is 11.4 Å². The van der Waals surface area contributed by atoms with E-state index in [2.05, 4.69) is 25.9 Å². The van der Waals surface area contributed by atoms with Crippen molar-refractivity contribution in [3.8, 4) is 17.0 Å². The van der Waals surface area contributed by atoms with Crippen LogP contribution in [0.5, 0.6) is 5.75 Å². The van der Waals surface area contributed by atoms with Crippen LogP contribution >= 0.6 is 0 Å². The number of alkyl halides is 3. The molecule has 2 N–H and O–H groups in total. The zero-order valence-electron chi connectivity index (χ0n) is 16.2. The van der Waals surface area contributed by atoms with Gasteiger partial charge in [0.05, 0.1) is 17.3 Å². The molecule has 0 spiro atoms. The van der Waals surface area contributed by atoms with Crippen molar-refractivity contribution in [1.82, 2.24) is 25.1 Å². The lowest BCUT2D eigenvalue weighted by molar-refractivity contribution is -0.137. The van der Waals surface area contributed by atoms with E-state index >= 15 is 0 Å². The fourth-order valence-electron chi connectivity index (χ4n) is 3.42. The molecule has 160 valence electrons. The number of fused-ring (bicyclic) bond motifs is 1. The third kappa shape index (κ3) is 4.17. The molecule has 1 atom stereocenters. The molecule has 3 heterocycles. The lowest BCUT2D eigenvalue weighted by atomic mass is 10.1. The molecular formula is C19H21F3N6O2. The number of aromatic nitrogens is 4. The summed E-state index contributed by atoms with van der Waals surface area (Å²) in [6.07, 6.45) is -0.861. The van der Waals surface area contributed by atoms with Gasteiger partial charge < -0.3 is 20.1 Å². The Balaban J connectivity index is 1.74. The van der Waals surface area contributed by atoms with Gasteiger partial charge in [-0.1, -0.05) is 0 Å². The highest BCUT2D eigenvalue weighted by atomic mass is 19.4. The molecule has 1 aliphatic heterocycles. The number of hydrogen-bond donors (Lipinski definition) is 2. The van der Waals surface area contributed by atoms with E-state index in [1.807, 2.05) is 0 Å². The van der Waals surface area contributed by atoms with Gasteiger partial charge in [0.15, 0.2) is 6.79 Å². The number of ether oxygens (including phenoxy) is 2. The second-order valence-electron chi connectivity index (χ2n) is 6.95. The maximum absolute atomic E-state index is 13.2. The lowest BCUT2D eigenvalue weighted by Crippen LogP contribution is -2.39. The Hall–Kier alpha value is -2.92. The summed E-state index contributed by atoms with van der Waals surface area (Å²) in [5.74, 6) is 0.472. The van der Waals surface area contributed by atoms with Gasteiger partial charge in [-0.2, -0.15) is 22.8 Å². The summed E-state index contributed by atoms with van der Waals surface area (Å²) >= 11 is 0. The average molecular weight is 422 g/mol. The summed E-state index contributed by atoms with van der Waals surface area (Å²) in [6.45, 7) is 1.59. The van der Waals surface area contributed by atoms with Crippen molar-refractivity contribution in [2.75, 3.05) is 32.3 Å². The van der Waals surface area contributed by atoms with Crippen LogP contribution in [-0.2, 0) is 10.9 Å². The number of nitrogens with zero attached hydrogens (tertiary/aromatic N) is 4. The Labute approximate surface area is 170 Å². The molecule has 0 amide bonds. The standard InChI is InChI=1S/C19H21F3N6O2/c1-29-11-30-16-9-12(19(20,21)22)4-5-14(16)17-15-6-8-24-28(15)18(27-26-17)25-13-3-2-7-23-10-13/h4-6,8-9,13,23H,2-3,7,10-11H2,1H3,(H,25,27)/t13-/m1/s1. The predicted molar refractivity (Wildman–Crippen MR) is 103 cm³/mol. The predicted octanol–water partition coefficient (Wildman–Crippen LogP) is 2.96. The molecule has 3 aromatic rings. The Morgan fingerprint density at radius 1 is 1.27 bits per heavy atom. The molecule has 8 nitrogen and oxygen atoms in total. The van der Waals surface area contributed by atoms with Crippen molar-refractivity contribution in [2.24, 2.45) is 0 Å². The van der Waals surface area contributed by atoms with Crippen molar-refractivity contribution < 1.29 is 22.6 Å². The van der Waals surface area contributed by atoms with Gasteiger partial charge in [0.2, 0.25) is 5.95 Å². The minimum absolute atomic E-state index is 0.00117.